The third kappa shape index (κ3) is 37.1. The maximum Gasteiger partial charge on any atom is 0.472 e. The molecule has 0 aromatic rings. The number of quaternary nitrogens is 1. The zero-order valence-corrected chi connectivity index (χ0v) is 35.0. The van der Waals surface area contributed by atoms with Gasteiger partial charge < -0.3 is 19.8 Å². The van der Waals surface area contributed by atoms with Crippen LogP contribution in [0.15, 0.2) is 24.3 Å². The van der Waals surface area contributed by atoms with Crippen LogP contribution in [-0.4, -0.2) is 73.4 Å². The van der Waals surface area contributed by atoms with Crippen molar-refractivity contribution in [3.8, 4) is 0 Å². The Labute approximate surface area is 315 Å². The lowest BCUT2D eigenvalue weighted by molar-refractivity contribution is -0.870. The third-order valence-corrected chi connectivity index (χ3v) is 10.4. The van der Waals surface area contributed by atoms with E-state index >= 15 is 0 Å². The highest BCUT2D eigenvalue weighted by Gasteiger charge is 2.27. The molecule has 51 heavy (non-hydrogen) atoms. The van der Waals surface area contributed by atoms with Gasteiger partial charge >= 0.3 is 7.82 Å². The monoisotopic (exact) mass is 744 g/mol. The molecule has 0 aromatic heterocycles. The maximum atomic E-state index is 12.8. The van der Waals surface area contributed by atoms with E-state index in [1.807, 2.05) is 27.2 Å². The molecule has 0 heterocycles. The van der Waals surface area contributed by atoms with Crippen molar-refractivity contribution in [2.75, 3.05) is 40.9 Å². The number of rotatable bonds is 38. The Morgan fingerprint density at radius 3 is 1.57 bits per heavy atom. The molecule has 0 spiro atoms. The van der Waals surface area contributed by atoms with Gasteiger partial charge in [-0.25, -0.2) is 4.57 Å². The Kier molecular flexibility index (Phi) is 34.0. The first-order chi connectivity index (χ1) is 24.5. The summed E-state index contributed by atoms with van der Waals surface area (Å²) in [5, 5.41) is 13.7. The molecule has 8 nitrogen and oxygen atoms in total. The molecule has 302 valence electrons. The Bertz CT molecular complexity index is 891. The van der Waals surface area contributed by atoms with Gasteiger partial charge in [-0.05, 0) is 32.1 Å². The summed E-state index contributed by atoms with van der Waals surface area (Å²) in [7, 11) is 1.56. The highest BCUT2D eigenvalue weighted by molar-refractivity contribution is 7.47. The number of phosphoric ester groups is 1. The van der Waals surface area contributed by atoms with Crippen molar-refractivity contribution < 1.29 is 32.9 Å². The topological polar surface area (TPSA) is 105 Å². The Balaban J connectivity index is 4.39. The zero-order valence-electron chi connectivity index (χ0n) is 34.1. The van der Waals surface area contributed by atoms with Crippen LogP contribution in [0.3, 0.4) is 0 Å². The van der Waals surface area contributed by atoms with Gasteiger partial charge in [0.15, 0.2) is 0 Å². The number of carbonyl (C=O) groups is 1. The smallest absolute Gasteiger partial charge is 0.387 e. The van der Waals surface area contributed by atoms with E-state index in [0.717, 1.165) is 38.5 Å². The normalized spacial score (nSPS) is 14.7. The standard InChI is InChI=1S/C42H83N2O6P/c1-6-8-10-12-14-16-18-19-20-21-22-23-24-26-28-30-32-34-36-42(46)43-40(39-50-51(47,48)49-38-37-44(3,4)5)41(45)35-33-31-29-27-25-17-15-13-11-9-7-2/h25,27,33,35,40-41,45H,6-24,26,28-32,34,36-39H2,1-5H3,(H-,43,46,47,48)/p+1/b27-25+,35-33+/t40-,41+/m0/s1. The summed E-state index contributed by atoms with van der Waals surface area (Å²) < 4.78 is 23.5. The molecule has 0 rings (SSSR count). The molecule has 9 heteroatoms. The molecular weight excluding hydrogens is 659 g/mol. The van der Waals surface area contributed by atoms with Crippen molar-refractivity contribution in [3.05, 3.63) is 24.3 Å². The van der Waals surface area contributed by atoms with E-state index in [9.17, 15) is 19.4 Å². The van der Waals surface area contributed by atoms with Gasteiger partial charge in [0, 0.05) is 6.42 Å². The molecule has 0 aliphatic heterocycles. The van der Waals surface area contributed by atoms with Crippen LogP contribution >= 0.6 is 7.82 Å². The fraction of sp³-hybridized carbons (Fsp3) is 0.881. The molecule has 1 amide bonds. The van der Waals surface area contributed by atoms with Crippen molar-refractivity contribution in [3.63, 3.8) is 0 Å². The maximum absolute atomic E-state index is 12.8. The van der Waals surface area contributed by atoms with E-state index in [4.69, 9.17) is 9.05 Å². The lowest BCUT2D eigenvalue weighted by Crippen LogP contribution is -2.45. The van der Waals surface area contributed by atoms with Crippen LogP contribution in [0.25, 0.3) is 0 Å². The predicted octanol–water partition coefficient (Wildman–Crippen LogP) is 11.4. The SMILES string of the molecule is CCCCCCC/C=C/CC/C=C/[C@@H](O)[C@H](COP(=O)(O)OCC[N+](C)(C)C)NC(=O)CCCCCCCCCCCCCCCCCCCC. The van der Waals surface area contributed by atoms with Crippen molar-refractivity contribution in [2.45, 2.75) is 199 Å². The molecule has 0 radical (unpaired) electrons. The molecular formula is C42H84N2O6P+. The van der Waals surface area contributed by atoms with Gasteiger partial charge in [-0.3, -0.25) is 13.8 Å². The molecule has 0 aromatic carbocycles. The first kappa shape index (κ1) is 50.0. The number of aliphatic hydroxyl groups is 1. The Morgan fingerprint density at radius 1 is 0.647 bits per heavy atom. The quantitative estimate of drug-likeness (QED) is 0.0252. The van der Waals surface area contributed by atoms with E-state index in [-0.39, 0.29) is 19.1 Å². The number of nitrogens with zero attached hydrogens (tertiary/aromatic N) is 1. The van der Waals surface area contributed by atoms with E-state index < -0.39 is 20.0 Å². The van der Waals surface area contributed by atoms with Crippen molar-refractivity contribution in [1.82, 2.24) is 5.32 Å². The summed E-state index contributed by atoms with van der Waals surface area (Å²) in [6, 6.07) is -0.856. The first-order valence-corrected chi connectivity index (χ1v) is 22.7. The summed E-state index contributed by atoms with van der Waals surface area (Å²) in [5.41, 5.74) is 0. The first-order valence-electron chi connectivity index (χ1n) is 21.2. The number of carbonyl (C=O) groups excluding carboxylic acids is 1. The third-order valence-electron chi connectivity index (χ3n) is 9.42. The molecule has 3 N–H and O–H groups in total. The summed E-state index contributed by atoms with van der Waals surface area (Å²) in [6.07, 6.45) is 39.6. The summed E-state index contributed by atoms with van der Waals surface area (Å²) >= 11 is 0. The predicted molar refractivity (Wildman–Crippen MR) is 217 cm³/mol. The molecule has 0 fully saturated rings. The van der Waals surface area contributed by atoms with Gasteiger partial charge in [-0.15, -0.1) is 0 Å². The van der Waals surface area contributed by atoms with Gasteiger partial charge in [-0.2, -0.15) is 0 Å². The average molecular weight is 744 g/mol. The van der Waals surface area contributed by atoms with E-state index in [0.29, 0.717) is 17.4 Å². The number of phosphoric acid groups is 1. The van der Waals surface area contributed by atoms with Crippen LogP contribution in [0, 0.1) is 0 Å². The van der Waals surface area contributed by atoms with Gasteiger partial charge in [-0.1, -0.05) is 173 Å². The number of likely N-dealkylation sites (N-methyl/N-ethyl adjacent to an activating group) is 1. The minimum absolute atomic E-state index is 0.0579. The number of aliphatic hydroxyl groups excluding tert-OH is 1. The fourth-order valence-corrected chi connectivity index (χ4v) is 6.73. The largest absolute Gasteiger partial charge is 0.472 e. The van der Waals surface area contributed by atoms with Gasteiger partial charge in [0.1, 0.15) is 13.2 Å². The zero-order chi connectivity index (χ0) is 37.9. The van der Waals surface area contributed by atoms with Crippen LogP contribution in [-0.2, 0) is 18.4 Å². The average Bonchev–Trinajstić information content (AvgIpc) is 3.07. The highest BCUT2D eigenvalue weighted by atomic mass is 31.2. The molecule has 0 bridgehead atoms. The second-order valence-electron chi connectivity index (χ2n) is 15.7. The van der Waals surface area contributed by atoms with E-state index in [2.05, 4.69) is 31.3 Å². The number of amides is 1. The van der Waals surface area contributed by atoms with E-state index in [1.54, 1.807) is 6.08 Å². The van der Waals surface area contributed by atoms with Crippen LogP contribution in [0.2, 0.25) is 0 Å². The molecule has 1 unspecified atom stereocenters. The van der Waals surface area contributed by atoms with Crippen LogP contribution < -0.4 is 5.32 Å². The van der Waals surface area contributed by atoms with Crippen molar-refractivity contribution >= 4 is 13.7 Å². The summed E-state index contributed by atoms with van der Waals surface area (Å²) in [4.78, 5) is 23.0. The summed E-state index contributed by atoms with van der Waals surface area (Å²) in [6.45, 7) is 4.77. The fourth-order valence-electron chi connectivity index (χ4n) is 6.00. The highest BCUT2D eigenvalue weighted by Crippen LogP contribution is 2.43. The molecule has 3 atom stereocenters. The number of nitrogens with one attached hydrogen (secondary N) is 1. The molecule has 0 aliphatic carbocycles. The van der Waals surface area contributed by atoms with Crippen LogP contribution in [0.1, 0.15) is 187 Å². The Hall–Kier alpha value is -1.02. The lowest BCUT2D eigenvalue weighted by Gasteiger charge is -2.25. The van der Waals surface area contributed by atoms with Crippen LogP contribution in [0.5, 0.6) is 0 Å². The molecule has 0 aliphatic rings. The second-order valence-corrected chi connectivity index (χ2v) is 17.2. The minimum atomic E-state index is -4.33. The molecule has 0 saturated heterocycles. The van der Waals surface area contributed by atoms with Gasteiger partial charge in [0.2, 0.25) is 5.91 Å². The number of unbranched alkanes of at least 4 members (excludes halogenated alkanes) is 23. The van der Waals surface area contributed by atoms with Gasteiger partial charge in [0.05, 0.1) is 39.9 Å². The molecule has 0 saturated carbocycles. The number of hydrogen-bond acceptors (Lipinski definition) is 5. The summed E-state index contributed by atoms with van der Waals surface area (Å²) in [5.74, 6) is -0.187. The van der Waals surface area contributed by atoms with Crippen LogP contribution in [0.4, 0.5) is 0 Å². The second kappa shape index (κ2) is 34.7. The van der Waals surface area contributed by atoms with E-state index in [1.165, 1.54) is 128 Å². The Morgan fingerprint density at radius 2 is 1.08 bits per heavy atom. The lowest BCUT2D eigenvalue weighted by atomic mass is 10.0. The van der Waals surface area contributed by atoms with Gasteiger partial charge in [0.25, 0.3) is 0 Å². The number of allylic oxidation sites excluding steroid dienone is 3. The minimum Gasteiger partial charge on any atom is -0.387 e. The van der Waals surface area contributed by atoms with Crippen molar-refractivity contribution in [1.29, 1.82) is 0 Å². The number of hydrogen-bond donors (Lipinski definition) is 3. The van der Waals surface area contributed by atoms with Crippen molar-refractivity contribution in [2.24, 2.45) is 0 Å².